The van der Waals surface area contributed by atoms with E-state index in [-0.39, 0.29) is 21.1 Å². The first kappa shape index (κ1) is 14.2. The van der Waals surface area contributed by atoms with Gasteiger partial charge in [0.25, 0.3) is 11.5 Å². The number of amides is 1. The van der Waals surface area contributed by atoms with Crippen molar-refractivity contribution in [1.29, 1.82) is 0 Å². The lowest BCUT2D eigenvalue weighted by Gasteiger charge is -2.11. The predicted octanol–water partition coefficient (Wildman–Crippen LogP) is 1.30. The number of benzene rings is 1. The van der Waals surface area contributed by atoms with Crippen molar-refractivity contribution in [2.45, 2.75) is 6.42 Å². The van der Waals surface area contributed by atoms with Gasteiger partial charge in [0.2, 0.25) is 5.88 Å². The van der Waals surface area contributed by atoms with Crippen molar-refractivity contribution in [1.82, 2.24) is 10.0 Å². The standard InChI is InChI=1S/C13H13ClN2O4/c14-6-3-7-15-11(17)10-8-4-1-2-5-9(8)12(18)16(20)13(10)19/h1-2,4-5,19-20H,3,6-7H2,(H,15,17). The minimum Gasteiger partial charge on any atom is -0.492 e. The van der Waals surface area contributed by atoms with E-state index in [2.05, 4.69) is 5.32 Å². The van der Waals surface area contributed by atoms with Crippen molar-refractivity contribution in [3.63, 3.8) is 0 Å². The molecule has 0 unspecified atom stereocenters. The molecule has 0 aliphatic rings. The molecular weight excluding hydrogens is 284 g/mol. The van der Waals surface area contributed by atoms with Gasteiger partial charge in [-0.15, -0.1) is 16.3 Å². The number of aromatic hydroxyl groups is 1. The molecule has 2 aromatic rings. The average molecular weight is 297 g/mol. The van der Waals surface area contributed by atoms with Crippen LogP contribution in [-0.4, -0.2) is 33.4 Å². The molecule has 0 saturated carbocycles. The van der Waals surface area contributed by atoms with Gasteiger partial charge in [-0.3, -0.25) is 9.59 Å². The van der Waals surface area contributed by atoms with Crippen LogP contribution < -0.4 is 10.9 Å². The molecule has 1 amide bonds. The summed E-state index contributed by atoms with van der Waals surface area (Å²) in [5, 5.41) is 22.4. The number of rotatable bonds is 4. The number of nitrogens with zero attached hydrogens (tertiary/aromatic N) is 1. The van der Waals surface area contributed by atoms with Crippen LogP contribution in [-0.2, 0) is 0 Å². The summed E-state index contributed by atoms with van der Waals surface area (Å²) >= 11 is 5.52. The molecule has 0 bridgehead atoms. The number of halogens is 1. The maximum Gasteiger partial charge on any atom is 0.294 e. The first-order valence-corrected chi connectivity index (χ1v) is 6.51. The third-order valence-electron chi connectivity index (χ3n) is 2.87. The molecule has 1 heterocycles. The number of alkyl halides is 1. The molecule has 1 aromatic heterocycles. The fourth-order valence-corrected chi connectivity index (χ4v) is 2.04. The van der Waals surface area contributed by atoms with E-state index in [0.717, 1.165) is 0 Å². The normalized spacial score (nSPS) is 10.7. The number of hydrogen-bond acceptors (Lipinski definition) is 4. The first-order chi connectivity index (χ1) is 9.57. The minimum absolute atomic E-state index is 0.0682. The number of carbonyl (C=O) groups is 1. The van der Waals surface area contributed by atoms with Crippen LogP contribution in [0, 0.1) is 0 Å². The van der Waals surface area contributed by atoms with Gasteiger partial charge in [0.05, 0.1) is 5.39 Å². The number of pyridine rings is 1. The maximum atomic E-state index is 12.1. The van der Waals surface area contributed by atoms with Gasteiger partial charge in [-0.25, -0.2) is 0 Å². The predicted molar refractivity (Wildman–Crippen MR) is 74.7 cm³/mol. The topological polar surface area (TPSA) is 91.6 Å². The highest BCUT2D eigenvalue weighted by Crippen LogP contribution is 2.23. The molecule has 106 valence electrons. The number of carbonyl (C=O) groups excluding carboxylic acids is 1. The lowest BCUT2D eigenvalue weighted by atomic mass is 10.1. The largest absolute Gasteiger partial charge is 0.492 e. The summed E-state index contributed by atoms with van der Waals surface area (Å²) in [6.45, 7) is 0.334. The van der Waals surface area contributed by atoms with E-state index in [9.17, 15) is 19.9 Å². The Morgan fingerprint density at radius 3 is 2.60 bits per heavy atom. The van der Waals surface area contributed by atoms with Crippen LogP contribution in [0.25, 0.3) is 10.8 Å². The molecule has 3 N–H and O–H groups in total. The molecular formula is C13H13ClN2O4. The zero-order valence-corrected chi connectivity index (χ0v) is 11.2. The molecule has 6 nitrogen and oxygen atoms in total. The summed E-state index contributed by atoms with van der Waals surface area (Å²) in [6, 6.07) is 6.25. The highest BCUT2D eigenvalue weighted by atomic mass is 35.5. The molecule has 7 heteroatoms. The van der Waals surface area contributed by atoms with E-state index < -0.39 is 17.3 Å². The van der Waals surface area contributed by atoms with Crippen LogP contribution in [0.1, 0.15) is 16.8 Å². The van der Waals surface area contributed by atoms with E-state index in [1.165, 1.54) is 12.1 Å². The van der Waals surface area contributed by atoms with Crippen LogP contribution >= 0.6 is 11.6 Å². The van der Waals surface area contributed by atoms with Crippen LogP contribution in [0.15, 0.2) is 29.1 Å². The molecule has 0 atom stereocenters. The second-order valence-corrected chi connectivity index (χ2v) is 4.54. The summed E-state index contributed by atoms with van der Waals surface area (Å²) in [5.41, 5.74) is -0.923. The lowest BCUT2D eigenvalue weighted by molar-refractivity contribution is 0.0937. The van der Waals surface area contributed by atoms with Crippen molar-refractivity contribution < 1.29 is 15.1 Å². The zero-order chi connectivity index (χ0) is 14.7. The summed E-state index contributed by atoms with van der Waals surface area (Å²) in [5.74, 6) is -0.962. The Hall–Kier alpha value is -2.21. The van der Waals surface area contributed by atoms with E-state index in [1.807, 2.05) is 0 Å². The number of aromatic nitrogens is 1. The number of hydrogen-bond donors (Lipinski definition) is 3. The SMILES string of the molecule is O=C(NCCCCl)c1c(O)n(O)c(=O)c2ccccc12. The zero-order valence-electron chi connectivity index (χ0n) is 10.5. The Balaban J connectivity index is 2.57. The fraction of sp³-hybridized carbons (Fsp3) is 0.231. The van der Waals surface area contributed by atoms with Crippen LogP contribution in [0.2, 0.25) is 0 Å². The van der Waals surface area contributed by atoms with Crippen LogP contribution in [0.4, 0.5) is 0 Å². The molecule has 1 aromatic carbocycles. The molecule has 0 spiro atoms. The van der Waals surface area contributed by atoms with Gasteiger partial charge < -0.3 is 15.6 Å². The van der Waals surface area contributed by atoms with Crippen LogP contribution in [0.3, 0.4) is 0 Å². The third kappa shape index (κ3) is 2.42. The molecule has 0 saturated heterocycles. The Morgan fingerprint density at radius 1 is 1.30 bits per heavy atom. The maximum absolute atomic E-state index is 12.1. The highest BCUT2D eigenvalue weighted by molar-refractivity contribution is 6.17. The van der Waals surface area contributed by atoms with Gasteiger partial charge in [-0.1, -0.05) is 18.2 Å². The molecule has 2 rings (SSSR count). The van der Waals surface area contributed by atoms with Gasteiger partial charge in [0.1, 0.15) is 5.56 Å². The fourth-order valence-electron chi connectivity index (χ4n) is 1.91. The van der Waals surface area contributed by atoms with E-state index in [0.29, 0.717) is 18.8 Å². The molecule has 0 fully saturated rings. The van der Waals surface area contributed by atoms with Gasteiger partial charge >= 0.3 is 0 Å². The minimum atomic E-state index is -0.782. The number of fused-ring (bicyclic) bond motifs is 1. The second-order valence-electron chi connectivity index (χ2n) is 4.16. The summed E-state index contributed by atoms with van der Waals surface area (Å²) < 4.78 is 0.0682. The van der Waals surface area contributed by atoms with Crippen molar-refractivity contribution in [2.24, 2.45) is 0 Å². The Labute approximate surface area is 119 Å². The van der Waals surface area contributed by atoms with Gasteiger partial charge in [0, 0.05) is 17.8 Å². The number of nitrogens with one attached hydrogen (secondary N) is 1. The van der Waals surface area contributed by atoms with Crippen LogP contribution in [0.5, 0.6) is 5.88 Å². The van der Waals surface area contributed by atoms with Crippen molar-refractivity contribution in [3.05, 3.63) is 40.2 Å². The summed E-state index contributed by atoms with van der Waals surface area (Å²) in [6.07, 6.45) is 0.574. The Morgan fingerprint density at radius 2 is 1.95 bits per heavy atom. The first-order valence-electron chi connectivity index (χ1n) is 5.98. The third-order valence-corrected chi connectivity index (χ3v) is 3.13. The molecule has 0 aliphatic heterocycles. The molecule has 0 aliphatic carbocycles. The Bertz CT molecular complexity index is 711. The molecule has 20 heavy (non-hydrogen) atoms. The van der Waals surface area contributed by atoms with Crippen molar-refractivity contribution in [3.8, 4) is 5.88 Å². The highest BCUT2D eigenvalue weighted by Gasteiger charge is 2.20. The van der Waals surface area contributed by atoms with Gasteiger partial charge in [0.15, 0.2) is 0 Å². The second kappa shape index (κ2) is 5.83. The van der Waals surface area contributed by atoms with E-state index in [1.54, 1.807) is 12.1 Å². The van der Waals surface area contributed by atoms with Gasteiger partial charge in [-0.2, -0.15) is 0 Å². The smallest absolute Gasteiger partial charge is 0.294 e. The average Bonchev–Trinajstić information content (AvgIpc) is 2.45. The monoisotopic (exact) mass is 296 g/mol. The van der Waals surface area contributed by atoms with Crippen molar-refractivity contribution >= 4 is 28.3 Å². The molecule has 0 radical (unpaired) electrons. The van der Waals surface area contributed by atoms with E-state index in [4.69, 9.17) is 11.6 Å². The quantitative estimate of drug-likeness (QED) is 0.450. The van der Waals surface area contributed by atoms with Gasteiger partial charge in [-0.05, 0) is 12.5 Å². The van der Waals surface area contributed by atoms with E-state index >= 15 is 0 Å². The Kier molecular flexibility index (Phi) is 4.14. The lowest BCUT2D eigenvalue weighted by Crippen LogP contribution is -2.28. The van der Waals surface area contributed by atoms with Crippen molar-refractivity contribution in [2.75, 3.05) is 12.4 Å². The summed E-state index contributed by atoms with van der Waals surface area (Å²) in [4.78, 5) is 23.9. The summed E-state index contributed by atoms with van der Waals surface area (Å²) in [7, 11) is 0.